The summed E-state index contributed by atoms with van der Waals surface area (Å²) >= 11 is 6.44. The molecule has 2 N–H and O–H groups in total. The van der Waals surface area contributed by atoms with Crippen LogP contribution >= 0.6 is 35.6 Å². The third-order valence-corrected chi connectivity index (χ3v) is 4.21. The van der Waals surface area contributed by atoms with E-state index in [-0.39, 0.29) is 30.0 Å². The van der Waals surface area contributed by atoms with E-state index in [2.05, 4.69) is 35.4 Å². The maximum Gasteiger partial charge on any atom is 0.191 e. The van der Waals surface area contributed by atoms with E-state index in [1.54, 1.807) is 0 Å². The minimum Gasteiger partial charge on any atom is -0.379 e. The molecule has 1 aliphatic rings. The summed E-state index contributed by atoms with van der Waals surface area (Å²) in [5, 5.41) is 7.34. The topological polar surface area (TPSA) is 48.9 Å². The van der Waals surface area contributed by atoms with E-state index in [0.29, 0.717) is 6.54 Å². The van der Waals surface area contributed by atoms with Crippen LogP contribution in [0.5, 0.6) is 0 Å². The molecule has 0 radical (unpaired) electrons. The minimum atomic E-state index is 0. The lowest BCUT2D eigenvalue weighted by Gasteiger charge is -2.34. The zero-order valence-electron chi connectivity index (χ0n) is 14.4. The lowest BCUT2D eigenvalue weighted by Crippen LogP contribution is -2.41. The second-order valence-corrected chi connectivity index (χ2v) is 5.84. The van der Waals surface area contributed by atoms with Crippen LogP contribution in [0.25, 0.3) is 0 Å². The molecule has 1 aromatic rings. The van der Waals surface area contributed by atoms with Crippen molar-refractivity contribution in [1.29, 1.82) is 0 Å². The molecule has 5 nitrogen and oxygen atoms in total. The van der Waals surface area contributed by atoms with E-state index in [0.717, 1.165) is 55.9 Å². The molecule has 1 fully saturated rings. The number of nitrogens with zero attached hydrogens (tertiary/aromatic N) is 2. The van der Waals surface area contributed by atoms with Gasteiger partial charge in [-0.25, -0.2) is 0 Å². The smallest absolute Gasteiger partial charge is 0.191 e. The summed E-state index contributed by atoms with van der Waals surface area (Å²) in [7, 11) is 0. The molecule has 1 unspecified atom stereocenters. The quantitative estimate of drug-likeness (QED) is 0.384. The summed E-state index contributed by atoms with van der Waals surface area (Å²) in [5.74, 6) is 0.848. The predicted octanol–water partition coefficient (Wildman–Crippen LogP) is 2.91. The Morgan fingerprint density at radius 2 is 1.83 bits per heavy atom. The third kappa shape index (κ3) is 6.38. The number of hydrogen-bond acceptors (Lipinski definition) is 3. The molecule has 1 atom stereocenters. The number of nitrogens with one attached hydrogen (secondary N) is 2. The van der Waals surface area contributed by atoms with Gasteiger partial charge in [0.25, 0.3) is 0 Å². The first kappa shape index (κ1) is 21.5. The Labute approximate surface area is 167 Å². The number of halogens is 2. The van der Waals surface area contributed by atoms with Crippen LogP contribution in [-0.2, 0) is 4.74 Å². The number of ether oxygens (including phenoxy) is 1. The lowest BCUT2D eigenvalue weighted by atomic mass is 10.0. The van der Waals surface area contributed by atoms with Gasteiger partial charge in [-0.1, -0.05) is 29.8 Å². The number of morpholine rings is 1. The molecule has 0 saturated carbocycles. The third-order valence-electron chi connectivity index (χ3n) is 3.86. The Bertz CT molecular complexity index is 501. The van der Waals surface area contributed by atoms with Crippen molar-refractivity contribution in [3.8, 4) is 0 Å². The SMILES string of the molecule is CCNC(=NCC(c1ccccc1Cl)N1CCOCC1)NCC.I. The number of guanidine groups is 1. The fourth-order valence-electron chi connectivity index (χ4n) is 2.73. The van der Waals surface area contributed by atoms with Crippen LogP contribution in [0.15, 0.2) is 29.3 Å². The van der Waals surface area contributed by atoms with Gasteiger partial charge in [-0.15, -0.1) is 24.0 Å². The molecule has 1 aromatic carbocycles. The number of hydrogen-bond donors (Lipinski definition) is 2. The van der Waals surface area contributed by atoms with Gasteiger partial charge in [0.05, 0.1) is 25.8 Å². The maximum absolute atomic E-state index is 6.44. The van der Waals surface area contributed by atoms with E-state index < -0.39 is 0 Å². The van der Waals surface area contributed by atoms with Crippen molar-refractivity contribution in [3.63, 3.8) is 0 Å². The number of benzene rings is 1. The zero-order valence-corrected chi connectivity index (χ0v) is 17.5. The van der Waals surface area contributed by atoms with Gasteiger partial charge in [0.15, 0.2) is 5.96 Å². The molecule has 0 spiro atoms. The molecule has 0 bridgehead atoms. The van der Waals surface area contributed by atoms with Crippen molar-refractivity contribution in [3.05, 3.63) is 34.9 Å². The Morgan fingerprint density at radius 1 is 1.21 bits per heavy atom. The normalized spacial score (nSPS) is 16.0. The fourth-order valence-corrected chi connectivity index (χ4v) is 2.99. The van der Waals surface area contributed by atoms with Crippen LogP contribution < -0.4 is 10.6 Å². The Morgan fingerprint density at radius 3 is 2.42 bits per heavy atom. The van der Waals surface area contributed by atoms with Crippen molar-refractivity contribution in [2.24, 2.45) is 4.99 Å². The standard InChI is InChI=1S/C17H27ClN4O.HI/c1-3-19-17(20-4-2)21-13-16(22-9-11-23-12-10-22)14-7-5-6-8-15(14)18;/h5-8,16H,3-4,9-13H2,1-2H3,(H2,19,20,21);1H. The van der Waals surface area contributed by atoms with Crippen LogP contribution in [-0.4, -0.2) is 56.8 Å². The Kier molecular flexibility index (Phi) is 10.6. The molecule has 1 saturated heterocycles. The fraction of sp³-hybridized carbons (Fsp3) is 0.588. The summed E-state index contributed by atoms with van der Waals surface area (Å²) in [6.07, 6.45) is 0. The molecule has 136 valence electrons. The Hall–Kier alpha value is -0.570. The highest BCUT2D eigenvalue weighted by Gasteiger charge is 2.24. The van der Waals surface area contributed by atoms with Crippen molar-refractivity contribution in [1.82, 2.24) is 15.5 Å². The molecule has 0 aromatic heterocycles. The zero-order chi connectivity index (χ0) is 16.5. The summed E-state index contributed by atoms with van der Waals surface area (Å²) in [5.41, 5.74) is 1.13. The van der Waals surface area contributed by atoms with Crippen LogP contribution in [0.2, 0.25) is 5.02 Å². The highest BCUT2D eigenvalue weighted by atomic mass is 127. The van der Waals surface area contributed by atoms with Crippen molar-refractivity contribution in [2.45, 2.75) is 19.9 Å². The molecule has 2 rings (SSSR count). The largest absolute Gasteiger partial charge is 0.379 e. The molecule has 0 amide bonds. The van der Waals surface area contributed by atoms with Gasteiger partial charge in [-0.2, -0.15) is 0 Å². The molecule has 7 heteroatoms. The van der Waals surface area contributed by atoms with Gasteiger partial charge in [-0.3, -0.25) is 9.89 Å². The average molecular weight is 467 g/mol. The number of aliphatic imine (C=N–C) groups is 1. The highest BCUT2D eigenvalue weighted by molar-refractivity contribution is 14.0. The van der Waals surface area contributed by atoms with Crippen LogP contribution in [0.4, 0.5) is 0 Å². The van der Waals surface area contributed by atoms with Crippen molar-refractivity contribution < 1.29 is 4.74 Å². The van der Waals surface area contributed by atoms with Gasteiger partial charge >= 0.3 is 0 Å². The summed E-state index contributed by atoms with van der Waals surface area (Å²) in [6, 6.07) is 8.21. The summed E-state index contributed by atoms with van der Waals surface area (Å²) < 4.78 is 5.48. The molecule has 24 heavy (non-hydrogen) atoms. The van der Waals surface area contributed by atoms with Crippen LogP contribution in [0.3, 0.4) is 0 Å². The first-order valence-electron chi connectivity index (χ1n) is 8.34. The lowest BCUT2D eigenvalue weighted by molar-refractivity contribution is 0.0180. The molecular formula is C17H28ClIN4O. The van der Waals surface area contributed by atoms with Crippen LogP contribution in [0, 0.1) is 0 Å². The van der Waals surface area contributed by atoms with E-state index in [1.165, 1.54) is 0 Å². The molecule has 1 heterocycles. The summed E-state index contributed by atoms with van der Waals surface area (Å²) in [4.78, 5) is 7.16. The monoisotopic (exact) mass is 466 g/mol. The highest BCUT2D eigenvalue weighted by Crippen LogP contribution is 2.28. The second-order valence-electron chi connectivity index (χ2n) is 5.44. The maximum atomic E-state index is 6.44. The average Bonchev–Trinajstić information content (AvgIpc) is 2.58. The van der Waals surface area contributed by atoms with Crippen molar-refractivity contribution in [2.75, 3.05) is 45.9 Å². The number of rotatable bonds is 6. The van der Waals surface area contributed by atoms with Gasteiger partial charge in [-0.05, 0) is 25.5 Å². The van der Waals surface area contributed by atoms with Gasteiger partial charge in [0.1, 0.15) is 0 Å². The van der Waals surface area contributed by atoms with Gasteiger partial charge in [0, 0.05) is 31.2 Å². The van der Waals surface area contributed by atoms with Gasteiger partial charge < -0.3 is 15.4 Å². The molecule has 1 aliphatic heterocycles. The summed E-state index contributed by atoms with van der Waals surface area (Å²) in [6.45, 7) is 9.84. The molecular weight excluding hydrogens is 439 g/mol. The van der Waals surface area contributed by atoms with E-state index in [1.807, 2.05) is 18.2 Å². The van der Waals surface area contributed by atoms with E-state index >= 15 is 0 Å². The first-order valence-corrected chi connectivity index (χ1v) is 8.72. The Balaban J connectivity index is 0.00000288. The first-order chi connectivity index (χ1) is 11.3. The van der Waals surface area contributed by atoms with E-state index in [4.69, 9.17) is 21.3 Å². The predicted molar refractivity (Wildman–Crippen MR) is 112 cm³/mol. The second kappa shape index (κ2) is 11.9. The van der Waals surface area contributed by atoms with Crippen LogP contribution in [0.1, 0.15) is 25.5 Å². The molecule has 0 aliphatic carbocycles. The van der Waals surface area contributed by atoms with Gasteiger partial charge in [0.2, 0.25) is 0 Å². The van der Waals surface area contributed by atoms with Crippen molar-refractivity contribution >= 4 is 41.5 Å². The van der Waals surface area contributed by atoms with E-state index in [9.17, 15) is 0 Å². The minimum absolute atomic E-state index is 0.